The molecule has 1 aliphatic rings. The van der Waals surface area contributed by atoms with E-state index in [9.17, 15) is 14.4 Å². The van der Waals surface area contributed by atoms with Gasteiger partial charge in [-0.2, -0.15) is 0 Å². The lowest BCUT2D eigenvalue weighted by atomic mass is 9.95. The monoisotopic (exact) mass is 438 g/mol. The molecule has 2 amide bonds. The molecule has 7 nitrogen and oxygen atoms in total. The number of nitrogens with one attached hydrogen (secondary N) is 2. The quantitative estimate of drug-likeness (QED) is 0.576. The number of rotatable bonds is 8. The summed E-state index contributed by atoms with van der Waals surface area (Å²) in [6.07, 6.45) is -0.474. The van der Waals surface area contributed by atoms with Crippen LogP contribution in [0.5, 0.6) is 0 Å². The van der Waals surface area contributed by atoms with E-state index in [0.717, 1.165) is 22.3 Å². The van der Waals surface area contributed by atoms with E-state index >= 15 is 0 Å². The van der Waals surface area contributed by atoms with E-state index in [4.69, 9.17) is 9.84 Å². The van der Waals surface area contributed by atoms with Gasteiger partial charge in [0.05, 0.1) is 0 Å². The number of carbonyl (C=O) groups excluding carboxylic acids is 2. The van der Waals surface area contributed by atoms with E-state index in [2.05, 4.69) is 22.8 Å². The number of aliphatic carboxylic acids is 1. The number of benzene rings is 2. The van der Waals surface area contributed by atoms with Crippen LogP contribution in [0.2, 0.25) is 0 Å². The number of carboxylic acid groups (broad SMARTS) is 1. The van der Waals surface area contributed by atoms with Crippen molar-refractivity contribution in [3.05, 3.63) is 59.7 Å². The highest BCUT2D eigenvalue weighted by molar-refractivity contribution is 5.89. The number of fused-ring (bicyclic) bond motifs is 3. The molecule has 0 bridgehead atoms. The molecule has 1 aliphatic carbocycles. The molecule has 0 spiro atoms. The number of ether oxygens (including phenoxy) is 1. The molecule has 2 aromatic carbocycles. The van der Waals surface area contributed by atoms with Crippen LogP contribution in [0.25, 0.3) is 11.1 Å². The Morgan fingerprint density at radius 2 is 1.44 bits per heavy atom. The highest BCUT2D eigenvalue weighted by atomic mass is 16.5. The molecule has 0 saturated heterocycles. The number of hydrogen-bond donors (Lipinski definition) is 3. The third-order valence-electron chi connectivity index (χ3n) is 5.74. The average molecular weight is 439 g/mol. The van der Waals surface area contributed by atoms with E-state index in [-0.39, 0.29) is 25.4 Å². The molecular weight excluding hydrogens is 408 g/mol. The van der Waals surface area contributed by atoms with Crippen LogP contribution in [0, 0.1) is 0 Å². The summed E-state index contributed by atoms with van der Waals surface area (Å²) in [6, 6.07) is 16.1. The number of carboxylic acids is 1. The molecule has 0 aromatic heterocycles. The van der Waals surface area contributed by atoms with E-state index in [1.54, 1.807) is 27.7 Å². The van der Waals surface area contributed by atoms with Gasteiger partial charge in [0.1, 0.15) is 12.1 Å². The highest BCUT2D eigenvalue weighted by Gasteiger charge is 2.35. The van der Waals surface area contributed by atoms with Crippen molar-refractivity contribution < 1.29 is 24.2 Å². The molecule has 0 fully saturated rings. The molecule has 0 radical (unpaired) electrons. The zero-order valence-corrected chi connectivity index (χ0v) is 18.9. The summed E-state index contributed by atoms with van der Waals surface area (Å²) >= 11 is 0. The van der Waals surface area contributed by atoms with Crippen molar-refractivity contribution in [1.82, 2.24) is 10.6 Å². The van der Waals surface area contributed by atoms with Gasteiger partial charge in [-0.15, -0.1) is 0 Å². The van der Waals surface area contributed by atoms with Crippen LogP contribution >= 0.6 is 0 Å². The second kappa shape index (κ2) is 9.02. The Morgan fingerprint density at radius 3 is 1.97 bits per heavy atom. The maximum absolute atomic E-state index is 12.7. The van der Waals surface area contributed by atoms with Gasteiger partial charge in [0.15, 0.2) is 0 Å². The van der Waals surface area contributed by atoms with E-state index in [0.29, 0.717) is 0 Å². The first kappa shape index (κ1) is 23.3. The molecule has 170 valence electrons. The van der Waals surface area contributed by atoms with Crippen LogP contribution < -0.4 is 10.6 Å². The van der Waals surface area contributed by atoms with Crippen LogP contribution in [0.15, 0.2) is 48.5 Å². The first-order valence-electron chi connectivity index (χ1n) is 10.7. The van der Waals surface area contributed by atoms with Crippen molar-refractivity contribution in [2.24, 2.45) is 0 Å². The SMILES string of the molecule is CC(C)(CCC(=O)O)NC(=O)C(C)(C)NC(=O)OCC1c2ccccc2-c2ccccc21. The Hall–Kier alpha value is -3.35. The van der Waals surface area contributed by atoms with Gasteiger partial charge in [-0.25, -0.2) is 4.79 Å². The van der Waals surface area contributed by atoms with Crippen molar-refractivity contribution in [3.8, 4) is 11.1 Å². The normalized spacial score (nSPS) is 13.1. The minimum absolute atomic E-state index is 0.0620. The minimum atomic E-state index is -1.23. The summed E-state index contributed by atoms with van der Waals surface area (Å²) in [6.45, 7) is 6.81. The third-order valence-corrected chi connectivity index (χ3v) is 5.74. The van der Waals surface area contributed by atoms with E-state index in [1.807, 2.05) is 36.4 Å². The molecule has 3 rings (SSSR count). The largest absolute Gasteiger partial charge is 0.481 e. The fourth-order valence-corrected chi connectivity index (χ4v) is 3.89. The highest BCUT2D eigenvalue weighted by Crippen LogP contribution is 2.44. The maximum Gasteiger partial charge on any atom is 0.408 e. The minimum Gasteiger partial charge on any atom is -0.481 e. The van der Waals surface area contributed by atoms with Crippen LogP contribution in [0.1, 0.15) is 57.6 Å². The van der Waals surface area contributed by atoms with Crippen molar-refractivity contribution in [3.63, 3.8) is 0 Å². The molecule has 2 aromatic rings. The topological polar surface area (TPSA) is 105 Å². The average Bonchev–Trinajstić information content (AvgIpc) is 3.04. The summed E-state index contributed by atoms with van der Waals surface area (Å²) in [5, 5.41) is 14.3. The Kier molecular flexibility index (Phi) is 6.57. The summed E-state index contributed by atoms with van der Waals surface area (Å²) in [5.41, 5.74) is 2.54. The van der Waals surface area contributed by atoms with Crippen molar-refractivity contribution in [2.45, 2.75) is 57.5 Å². The number of carbonyl (C=O) groups is 3. The van der Waals surface area contributed by atoms with Crippen LogP contribution in [-0.4, -0.2) is 40.8 Å². The van der Waals surface area contributed by atoms with Gasteiger partial charge in [-0.3, -0.25) is 9.59 Å². The zero-order chi connectivity index (χ0) is 23.5. The first-order chi connectivity index (χ1) is 15.0. The Labute approximate surface area is 188 Å². The molecule has 3 N–H and O–H groups in total. The van der Waals surface area contributed by atoms with Gasteiger partial charge in [-0.1, -0.05) is 48.5 Å². The number of amides is 2. The van der Waals surface area contributed by atoms with Crippen molar-refractivity contribution in [2.75, 3.05) is 6.61 Å². The summed E-state index contributed by atoms with van der Waals surface area (Å²) in [5.74, 6) is -1.41. The van der Waals surface area contributed by atoms with Crippen molar-refractivity contribution >= 4 is 18.0 Å². The molecule has 0 aliphatic heterocycles. The number of alkyl carbamates (subject to hydrolysis) is 1. The van der Waals surface area contributed by atoms with Gasteiger partial charge in [0.25, 0.3) is 0 Å². The van der Waals surface area contributed by atoms with Gasteiger partial charge in [-0.05, 0) is 56.4 Å². The Balaban J connectivity index is 1.61. The maximum atomic E-state index is 12.7. The van der Waals surface area contributed by atoms with E-state index in [1.165, 1.54) is 0 Å². The lowest BCUT2D eigenvalue weighted by molar-refractivity contribution is -0.138. The standard InChI is InChI=1S/C25H30N2O5/c1-24(2,14-13-21(28)29)26-22(30)25(3,4)27-23(31)32-15-20-18-11-7-5-9-16(18)17-10-6-8-12-19(17)20/h5-12,20H,13-15H2,1-4H3,(H,26,30)(H,27,31)(H,28,29). The van der Waals surface area contributed by atoms with E-state index < -0.39 is 29.0 Å². The molecule has 0 atom stereocenters. The molecule has 0 unspecified atom stereocenters. The fraction of sp³-hybridized carbons (Fsp3) is 0.400. The summed E-state index contributed by atoms with van der Waals surface area (Å²) in [4.78, 5) is 36.1. The second-order valence-electron chi connectivity index (χ2n) is 9.31. The molecule has 32 heavy (non-hydrogen) atoms. The summed E-state index contributed by atoms with van der Waals surface area (Å²) in [7, 11) is 0. The fourth-order valence-electron chi connectivity index (χ4n) is 3.89. The zero-order valence-electron chi connectivity index (χ0n) is 18.9. The molecule has 7 heteroatoms. The molecular formula is C25H30N2O5. The predicted octanol–water partition coefficient (Wildman–Crippen LogP) is 4.06. The number of hydrogen-bond acceptors (Lipinski definition) is 4. The first-order valence-corrected chi connectivity index (χ1v) is 10.7. The van der Waals surface area contributed by atoms with Gasteiger partial charge >= 0.3 is 12.1 Å². The Morgan fingerprint density at radius 1 is 0.906 bits per heavy atom. The van der Waals surface area contributed by atoms with Crippen LogP contribution in [0.4, 0.5) is 4.79 Å². The summed E-state index contributed by atoms with van der Waals surface area (Å²) < 4.78 is 5.53. The molecule has 0 saturated carbocycles. The lowest BCUT2D eigenvalue weighted by Gasteiger charge is -2.32. The van der Waals surface area contributed by atoms with Gasteiger partial charge in [0, 0.05) is 17.9 Å². The second-order valence-corrected chi connectivity index (χ2v) is 9.31. The third kappa shape index (κ3) is 5.28. The predicted molar refractivity (Wildman–Crippen MR) is 121 cm³/mol. The van der Waals surface area contributed by atoms with Crippen LogP contribution in [-0.2, 0) is 14.3 Å². The van der Waals surface area contributed by atoms with Crippen LogP contribution in [0.3, 0.4) is 0 Å². The van der Waals surface area contributed by atoms with Gasteiger partial charge in [0.2, 0.25) is 5.91 Å². The van der Waals surface area contributed by atoms with Gasteiger partial charge < -0.3 is 20.5 Å². The Bertz CT molecular complexity index is 983. The smallest absolute Gasteiger partial charge is 0.408 e. The molecule has 0 heterocycles. The lowest BCUT2D eigenvalue weighted by Crippen LogP contribution is -2.59. The van der Waals surface area contributed by atoms with Crippen molar-refractivity contribution in [1.29, 1.82) is 0 Å².